The Hall–Kier alpha value is 0.160. The third-order valence-corrected chi connectivity index (χ3v) is 2.36. The quantitative estimate of drug-likeness (QED) is 0.616. The lowest BCUT2D eigenvalue weighted by Gasteiger charge is -1.96. The normalized spacial score (nSPS) is 10.5. The molecule has 0 bridgehead atoms. The van der Waals surface area contributed by atoms with E-state index in [9.17, 15) is 4.39 Å². The first kappa shape index (κ1) is 9.25. The van der Waals surface area contributed by atoms with Crippen LogP contribution in [0.5, 0.6) is 0 Å². The summed E-state index contributed by atoms with van der Waals surface area (Å²) >= 11 is 7.64. The minimum Gasteiger partial charge on any atom is -0.256 e. The molecule has 1 heterocycles. The van der Waals surface area contributed by atoms with Crippen LogP contribution in [0.1, 0.15) is 5.69 Å². The van der Waals surface area contributed by atoms with E-state index in [2.05, 4.69) is 27.7 Å². The molecule has 0 aliphatic heterocycles. The predicted molar refractivity (Wildman–Crippen MR) is 50.5 cm³/mol. The van der Waals surface area contributed by atoms with Crippen molar-refractivity contribution in [3.63, 3.8) is 0 Å². The molecule has 2 nitrogen and oxygen atoms in total. The van der Waals surface area contributed by atoms with Gasteiger partial charge in [-0.1, -0.05) is 0 Å². The van der Waals surface area contributed by atoms with E-state index >= 15 is 0 Å². The lowest BCUT2D eigenvalue weighted by atomic mass is 10.5. The summed E-state index contributed by atoms with van der Waals surface area (Å²) in [4.78, 5) is 0. The van der Waals surface area contributed by atoms with Gasteiger partial charge in [0.1, 0.15) is 6.67 Å². The minimum absolute atomic E-state index is 0.315. The van der Waals surface area contributed by atoms with E-state index in [0.717, 1.165) is 9.39 Å². The van der Waals surface area contributed by atoms with Gasteiger partial charge < -0.3 is 0 Å². The Morgan fingerprint density at radius 1 is 1.73 bits per heavy atom. The molecule has 0 N–H and O–H groups in total. The molecule has 0 radical (unpaired) electrons. The van der Waals surface area contributed by atoms with Gasteiger partial charge in [-0.2, -0.15) is 5.10 Å². The Morgan fingerprint density at radius 3 is 2.91 bits per heavy atom. The van der Waals surface area contributed by atoms with Gasteiger partial charge in [-0.05, 0) is 28.7 Å². The van der Waals surface area contributed by atoms with Crippen molar-refractivity contribution in [2.75, 3.05) is 6.67 Å². The van der Waals surface area contributed by atoms with Crippen LogP contribution >= 0.6 is 34.2 Å². The highest BCUT2D eigenvalue weighted by atomic mass is 127. The SMILES string of the molecule is FCCn1nc(CCl)cc1I. The second-order valence-corrected chi connectivity index (χ2v) is 3.38. The molecule has 11 heavy (non-hydrogen) atoms. The summed E-state index contributed by atoms with van der Waals surface area (Å²) in [7, 11) is 0. The van der Waals surface area contributed by atoms with E-state index < -0.39 is 0 Å². The number of nitrogens with zero attached hydrogens (tertiary/aromatic N) is 2. The van der Waals surface area contributed by atoms with Gasteiger partial charge in [0.05, 0.1) is 21.8 Å². The maximum Gasteiger partial charge on any atom is 0.109 e. The zero-order chi connectivity index (χ0) is 8.27. The first-order valence-electron chi connectivity index (χ1n) is 3.12. The number of aryl methyl sites for hydroxylation is 1. The van der Waals surface area contributed by atoms with Crippen molar-refractivity contribution in [2.24, 2.45) is 0 Å². The van der Waals surface area contributed by atoms with Gasteiger partial charge in [0.2, 0.25) is 0 Å². The molecule has 62 valence electrons. The number of hydrogen-bond acceptors (Lipinski definition) is 1. The Balaban J connectivity index is 2.79. The summed E-state index contributed by atoms with van der Waals surface area (Å²) in [5, 5.41) is 4.06. The van der Waals surface area contributed by atoms with E-state index in [1.165, 1.54) is 0 Å². The predicted octanol–water partition coefficient (Wildman–Crippen LogP) is 2.20. The molecule has 0 unspecified atom stereocenters. The molecule has 0 aliphatic carbocycles. The zero-order valence-corrected chi connectivity index (χ0v) is 8.64. The summed E-state index contributed by atoms with van der Waals surface area (Å²) < 4.78 is 14.4. The van der Waals surface area contributed by atoms with Crippen molar-refractivity contribution < 1.29 is 4.39 Å². The zero-order valence-electron chi connectivity index (χ0n) is 5.73. The number of rotatable bonds is 3. The van der Waals surface area contributed by atoms with Gasteiger partial charge in [0.15, 0.2) is 0 Å². The summed E-state index contributed by atoms with van der Waals surface area (Å²) in [6.07, 6.45) is 0. The Bertz CT molecular complexity index is 238. The monoisotopic (exact) mass is 288 g/mol. The first-order chi connectivity index (χ1) is 5.27. The molecule has 1 aromatic heterocycles. The molecular weight excluding hydrogens is 281 g/mol. The van der Waals surface area contributed by atoms with Crippen molar-refractivity contribution in [3.05, 3.63) is 15.5 Å². The van der Waals surface area contributed by atoms with E-state index in [4.69, 9.17) is 11.6 Å². The van der Waals surface area contributed by atoms with Gasteiger partial charge in [-0.3, -0.25) is 4.68 Å². The van der Waals surface area contributed by atoms with Crippen LogP contribution in [0, 0.1) is 3.70 Å². The van der Waals surface area contributed by atoms with Crippen molar-refractivity contribution in [2.45, 2.75) is 12.4 Å². The van der Waals surface area contributed by atoms with Crippen LogP contribution in [0.4, 0.5) is 4.39 Å². The lowest BCUT2D eigenvalue weighted by molar-refractivity contribution is 0.422. The molecule has 1 aromatic rings. The highest BCUT2D eigenvalue weighted by molar-refractivity contribution is 14.1. The van der Waals surface area contributed by atoms with Crippen molar-refractivity contribution in [1.82, 2.24) is 9.78 Å². The van der Waals surface area contributed by atoms with Crippen LogP contribution in [0.25, 0.3) is 0 Å². The Labute approximate surface area is 82.9 Å². The van der Waals surface area contributed by atoms with Crippen molar-refractivity contribution in [3.8, 4) is 0 Å². The third kappa shape index (κ3) is 2.30. The summed E-state index contributed by atoms with van der Waals surface area (Å²) in [5.74, 6) is 0.384. The number of aromatic nitrogens is 2. The molecule has 5 heteroatoms. The highest BCUT2D eigenvalue weighted by Gasteiger charge is 2.02. The highest BCUT2D eigenvalue weighted by Crippen LogP contribution is 2.09. The second-order valence-electron chi connectivity index (χ2n) is 2.00. The Kier molecular flexibility index (Phi) is 3.58. The average molecular weight is 288 g/mol. The van der Waals surface area contributed by atoms with Crippen molar-refractivity contribution in [1.29, 1.82) is 0 Å². The van der Waals surface area contributed by atoms with Gasteiger partial charge in [0, 0.05) is 0 Å². The smallest absolute Gasteiger partial charge is 0.109 e. The van der Waals surface area contributed by atoms with Crippen LogP contribution in [0.3, 0.4) is 0 Å². The standard InChI is InChI=1S/C6H7ClFIN2/c7-4-5-3-6(9)11(10-5)2-1-8/h3H,1-2,4H2. The molecule has 0 spiro atoms. The van der Waals surface area contributed by atoms with Crippen LogP contribution in [0.15, 0.2) is 6.07 Å². The molecule has 0 saturated carbocycles. The first-order valence-corrected chi connectivity index (χ1v) is 4.73. The van der Waals surface area contributed by atoms with Gasteiger partial charge in [0.25, 0.3) is 0 Å². The summed E-state index contributed by atoms with van der Waals surface area (Å²) in [6, 6.07) is 1.85. The fourth-order valence-corrected chi connectivity index (χ4v) is 1.58. The fraction of sp³-hybridized carbons (Fsp3) is 0.500. The van der Waals surface area contributed by atoms with Crippen LogP contribution < -0.4 is 0 Å². The largest absolute Gasteiger partial charge is 0.256 e. The van der Waals surface area contributed by atoms with Gasteiger partial charge in [-0.25, -0.2) is 4.39 Å². The van der Waals surface area contributed by atoms with E-state index in [1.54, 1.807) is 4.68 Å². The van der Waals surface area contributed by atoms with E-state index in [-0.39, 0.29) is 6.67 Å². The van der Waals surface area contributed by atoms with Gasteiger partial charge >= 0.3 is 0 Å². The fourth-order valence-electron chi connectivity index (χ4n) is 0.746. The summed E-state index contributed by atoms with van der Waals surface area (Å²) in [6.45, 7) is -0.0748. The topological polar surface area (TPSA) is 17.8 Å². The molecule has 1 rings (SSSR count). The number of alkyl halides is 2. The van der Waals surface area contributed by atoms with Crippen LogP contribution in [-0.4, -0.2) is 16.5 Å². The molecule has 0 aromatic carbocycles. The maximum absolute atomic E-state index is 11.9. The average Bonchev–Trinajstić information content (AvgIpc) is 2.33. The molecule has 0 amide bonds. The minimum atomic E-state index is -0.389. The van der Waals surface area contributed by atoms with Gasteiger partial charge in [-0.15, -0.1) is 11.6 Å². The third-order valence-electron chi connectivity index (χ3n) is 1.21. The summed E-state index contributed by atoms with van der Waals surface area (Å²) in [5.41, 5.74) is 0.796. The lowest BCUT2D eigenvalue weighted by Crippen LogP contribution is -2.03. The molecule has 0 fully saturated rings. The second kappa shape index (κ2) is 4.25. The number of hydrogen-bond donors (Lipinski definition) is 0. The molecule has 0 saturated heterocycles. The number of halogens is 3. The van der Waals surface area contributed by atoms with Crippen molar-refractivity contribution >= 4 is 34.2 Å². The van der Waals surface area contributed by atoms with E-state index in [1.807, 2.05) is 6.07 Å². The maximum atomic E-state index is 11.9. The molecule has 0 aliphatic rings. The van der Waals surface area contributed by atoms with E-state index in [0.29, 0.717) is 12.4 Å². The van der Waals surface area contributed by atoms with Crippen LogP contribution in [0.2, 0.25) is 0 Å². The van der Waals surface area contributed by atoms with Crippen LogP contribution in [-0.2, 0) is 12.4 Å². The molecular formula is C6H7ClFIN2. The molecule has 0 atom stereocenters. The Morgan fingerprint density at radius 2 is 2.45 bits per heavy atom.